The highest BCUT2D eigenvalue weighted by Gasteiger charge is 2.05. The molecule has 102 valence electrons. The van der Waals surface area contributed by atoms with Crippen LogP contribution < -0.4 is 5.32 Å². The summed E-state index contributed by atoms with van der Waals surface area (Å²) in [5, 5.41) is 4.02. The van der Waals surface area contributed by atoms with Crippen LogP contribution in [0.4, 0.5) is 11.4 Å². The lowest BCUT2D eigenvalue weighted by Gasteiger charge is -2.08. The summed E-state index contributed by atoms with van der Waals surface area (Å²) in [6.45, 7) is 0. The minimum Gasteiger partial charge on any atom is -0.354 e. The Balaban J connectivity index is 1.80. The van der Waals surface area contributed by atoms with E-state index in [2.05, 4.69) is 20.8 Å². The zero-order valence-corrected chi connectivity index (χ0v) is 11.9. The van der Waals surface area contributed by atoms with Gasteiger partial charge in [0.15, 0.2) is 0 Å². The number of aromatic nitrogens is 2. The highest BCUT2D eigenvalue weighted by Crippen LogP contribution is 2.26. The fourth-order valence-corrected chi connectivity index (χ4v) is 2.64. The van der Waals surface area contributed by atoms with Crippen LogP contribution in [-0.4, -0.2) is 9.38 Å². The average Bonchev–Trinajstić information content (AvgIpc) is 2.87. The van der Waals surface area contributed by atoms with Crippen molar-refractivity contribution in [1.82, 2.24) is 9.38 Å². The third-order valence-corrected chi connectivity index (χ3v) is 3.79. The van der Waals surface area contributed by atoms with Crippen molar-refractivity contribution >= 4 is 39.7 Å². The number of para-hydroxylation sites is 3. The molecule has 0 saturated carbocycles. The smallest absolute Gasteiger partial charge is 0.139 e. The summed E-state index contributed by atoms with van der Waals surface area (Å²) in [6, 6.07) is 19.8. The second kappa shape index (κ2) is 4.79. The Morgan fingerprint density at radius 1 is 0.952 bits per heavy atom. The van der Waals surface area contributed by atoms with E-state index in [9.17, 15) is 0 Å². The first kappa shape index (κ1) is 12.2. The van der Waals surface area contributed by atoms with E-state index in [0.717, 1.165) is 28.1 Å². The van der Waals surface area contributed by atoms with Crippen LogP contribution in [0.15, 0.2) is 66.9 Å². The number of anilines is 2. The Kier molecular flexibility index (Phi) is 2.79. The monoisotopic (exact) mass is 293 g/mol. The van der Waals surface area contributed by atoms with E-state index in [-0.39, 0.29) is 0 Å². The number of rotatable bonds is 2. The predicted molar refractivity (Wildman–Crippen MR) is 87.4 cm³/mol. The van der Waals surface area contributed by atoms with Gasteiger partial charge in [-0.3, -0.25) is 4.40 Å². The van der Waals surface area contributed by atoms with Crippen molar-refractivity contribution in [2.75, 3.05) is 5.32 Å². The number of nitrogens with zero attached hydrogens (tertiary/aromatic N) is 2. The second-order valence-electron chi connectivity index (χ2n) is 4.85. The van der Waals surface area contributed by atoms with E-state index in [1.807, 2.05) is 60.8 Å². The minimum absolute atomic E-state index is 0.700. The van der Waals surface area contributed by atoms with Gasteiger partial charge in [-0.15, -0.1) is 0 Å². The summed E-state index contributed by atoms with van der Waals surface area (Å²) in [6.07, 6.45) is 2.02. The van der Waals surface area contributed by atoms with Crippen LogP contribution in [0.1, 0.15) is 0 Å². The maximum Gasteiger partial charge on any atom is 0.139 e. The molecule has 1 N–H and O–H groups in total. The maximum atomic E-state index is 6.17. The SMILES string of the molecule is Clc1ccccc1Nc1ccn2c(c1)nc1ccccc12. The van der Waals surface area contributed by atoms with Gasteiger partial charge in [-0.05, 0) is 30.3 Å². The predicted octanol–water partition coefficient (Wildman–Crippen LogP) is 4.88. The maximum absolute atomic E-state index is 6.17. The van der Waals surface area contributed by atoms with E-state index in [4.69, 9.17) is 11.6 Å². The first-order valence-corrected chi connectivity index (χ1v) is 7.07. The Labute approximate surface area is 126 Å². The highest BCUT2D eigenvalue weighted by molar-refractivity contribution is 6.33. The van der Waals surface area contributed by atoms with Crippen molar-refractivity contribution in [2.24, 2.45) is 0 Å². The summed E-state index contributed by atoms with van der Waals surface area (Å²) < 4.78 is 2.08. The Morgan fingerprint density at radius 2 is 1.76 bits per heavy atom. The van der Waals surface area contributed by atoms with E-state index < -0.39 is 0 Å². The van der Waals surface area contributed by atoms with E-state index >= 15 is 0 Å². The molecular formula is C17H12ClN3. The number of fused-ring (bicyclic) bond motifs is 3. The molecule has 0 atom stereocenters. The molecule has 0 fully saturated rings. The van der Waals surface area contributed by atoms with Crippen LogP contribution in [0.2, 0.25) is 5.02 Å². The number of halogens is 1. The molecule has 0 aliphatic heterocycles. The van der Waals surface area contributed by atoms with Gasteiger partial charge in [0.1, 0.15) is 5.65 Å². The summed E-state index contributed by atoms with van der Waals surface area (Å²) in [7, 11) is 0. The summed E-state index contributed by atoms with van der Waals surface area (Å²) in [5.74, 6) is 0. The molecule has 21 heavy (non-hydrogen) atoms. The molecule has 2 aromatic heterocycles. The van der Waals surface area contributed by atoms with Crippen molar-refractivity contribution in [3.05, 3.63) is 71.9 Å². The van der Waals surface area contributed by atoms with E-state index in [0.29, 0.717) is 5.02 Å². The molecule has 4 aromatic rings. The van der Waals surface area contributed by atoms with Gasteiger partial charge in [0, 0.05) is 18.0 Å². The third kappa shape index (κ3) is 2.12. The normalized spacial score (nSPS) is 11.1. The van der Waals surface area contributed by atoms with Crippen molar-refractivity contribution in [3.8, 4) is 0 Å². The summed E-state index contributed by atoms with van der Waals surface area (Å²) >= 11 is 6.17. The van der Waals surface area contributed by atoms with Gasteiger partial charge in [-0.2, -0.15) is 0 Å². The molecule has 2 aromatic carbocycles. The molecular weight excluding hydrogens is 282 g/mol. The first-order valence-electron chi connectivity index (χ1n) is 6.70. The largest absolute Gasteiger partial charge is 0.354 e. The van der Waals surface area contributed by atoms with Crippen molar-refractivity contribution in [1.29, 1.82) is 0 Å². The van der Waals surface area contributed by atoms with E-state index in [1.54, 1.807) is 0 Å². The lowest BCUT2D eigenvalue weighted by atomic mass is 10.3. The van der Waals surface area contributed by atoms with Crippen LogP contribution in [0.25, 0.3) is 16.7 Å². The van der Waals surface area contributed by atoms with Crippen LogP contribution in [0.3, 0.4) is 0 Å². The Bertz CT molecular complexity index is 943. The van der Waals surface area contributed by atoms with Gasteiger partial charge < -0.3 is 5.32 Å². The minimum atomic E-state index is 0.700. The molecule has 0 spiro atoms. The van der Waals surface area contributed by atoms with Gasteiger partial charge >= 0.3 is 0 Å². The zero-order chi connectivity index (χ0) is 14.2. The number of pyridine rings is 1. The van der Waals surface area contributed by atoms with Crippen molar-refractivity contribution in [2.45, 2.75) is 0 Å². The second-order valence-corrected chi connectivity index (χ2v) is 5.26. The Morgan fingerprint density at radius 3 is 2.67 bits per heavy atom. The average molecular weight is 294 g/mol. The fourth-order valence-electron chi connectivity index (χ4n) is 2.46. The molecule has 0 amide bonds. The fraction of sp³-hybridized carbons (Fsp3) is 0. The number of benzene rings is 2. The molecule has 0 radical (unpaired) electrons. The van der Waals surface area contributed by atoms with Crippen molar-refractivity contribution in [3.63, 3.8) is 0 Å². The zero-order valence-electron chi connectivity index (χ0n) is 11.1. The Hall–Kier alpha value is -2.52. The number of hydrogen-bond donors (Lipinski definition) is 1. The molecule has 0 unspecified atom stereocenters. The van der Waals surface area contributed by atoms with Gasteiger partial charge in [0.05, 0.1) is 21.7 Å². The lowest BCUT2D eigenvalue weighted by molar-refractivity contribution is 1.23. The number of imidazole rings is 1. The topological polar surface area (TPSA) is 29.3 Å². The van der Waals surface area contributed by atoms with Gasteiger partial charge in [-0.1, -0.05) is 35.9 Å². The molecule has 3 nitrogen and oxygen atoms in total. The third-order valence-electron chi connectivity index (χ3n) is 3.46. The number of nitrogens with one attached hydrogen (secondary N) is 1. The molecule has 0 aliphatic rings. The molecule has 4 heteroatoms. The molecule has 0 aliphatic carbocycles. The first-order chi connectivity index (χ1) is 10.3. The quantitative estimate of drug-likeness (QED) is 0.570. The van der Waals surface area contributed by atoms with E-state index in [1.165, 1.54) is 0 Å². The van der Waals surface area contributed by atoms with Crippen LogP contribution in [-0.2, 0) is 0 Å². The molecule has 4 rings (SSSR count). The summed E-state index contributed by atoms with van der Waals surface area (Å²) in [5.41, 5.74) is 4.86. The standard InChI is InChI=1S/C17H12ClN3/c18-13-5-1-2-6-14(13)19-12-9-10-21-16-8-4-3-7-15(16)20-17(21)11-12/h1-11,19H. The van der Waals surface area contributed by atoms with Crippen LogP contribution >= 0.6 is 11.6 Å². The molecule has 0 saturated heterocycles. The molecule has 2 heterocycles. The van der Waals surface area contributed by atoms with Gasteiger partial charge in [0.2, 0.25) is 0 Å². The highest BCUT2D eigenvalue weighted by atomic mass is 35.5. The molecule has 0 bridgehead atoms. The van der Waals surface area contributed by atoms with Crippen LogP contribution in [0, 0.1) is 0 Å². The number of hydrogen-bond acceptors (Lipinski definition) is 2. The van der Waals surface area contributed by atoms with Gasteiger partial charge in [0.25, 0.3) is 0 Å². The van der Waals surface area contributed by atoms with Crippen LogP contribution in [0.5, 0.6) is 0 Å². The van der Waals surface area contributed by atoms with Gasteiger partial charge in [-0.25, -0.2) is 4.98 Å². The summed E-state index contributed by atoms with van der Waals surface area (Å²) in [4.78, 5) is 4.63. The lowest BCUT2D eigenvalue weighted by Crippen LogP contribution is -1.93. The van der Waals surface area contributed by atoms with Crippen molar-refractivity contribution < 1.29 is 0 Å².